The third-order valence-electron chi connectivity index (χ3n) is 3.16. The highest BCUT2D eigenvalue weighted by atomic mass is 79.9. The normalized spacial score (nSPS) is 19.2. The standard InChI is InChI=1S/C13H16BrN3O2/c14-10-3-1-9(2-4-10)7-12(18)17-6-5-16-8-11(17)13(15)19/h1-4,11,16H,5-8H2,(H2,15,19). The molecule has 5 nitrogen and oxygen atoms in total. The Morgan fingerprint density at radius 2 is 2.05 bits per heavy atom. The molecule has 1 aliphatic rings. The number of carbonyl (C=O) groups is 2. The highest BCUT2D eigenvalue weighted by Gasteiger charge is 2.30. The molecule has 19 heavy (non-hydrogen) atoms. The maximum atomic E-state index is 12.2. The Balaban J connectivity index is 2.05. The molecule has 1 unspecified atom stereocenters. The first-order valence-corrected chi connectivity index (χ1v) is 6.91. The molecule has 1 aromatic carbocycles. The molecule has 0 aliphatic carbocycles. The third kappa shape index (κ3) is 3.54. The van der Waals surface area contributed by atoms with Gasteiger partial charge in [0, 0.05) is 24.1 Å². The van der Waals surface area contributed by atoms with E-state index in [1.54, 1.807) is 4.90 Å². The summed E-state index contributed by atoms with van der Waals surface area (Å²) < 4.78 is 0.973. The minimum atomic E-state index is -0.545. The number of hydrogen-bond donors (Lipinski definition) is 2. The summed E-state index contributed by atoms with van der Waals surface area (Å²) in [6.45, 7) is 1.64. The smallest absolute Gasteiger partial charge is 0.241 e. The quantitative estimate of drug-likeness (QED) is 0.838. The fourth-order valence-corrected chi connectivity index (χ4v) is 2.40. The van der Waals surface area contributed by atoms with E-state index >= 15 is 0 Å². The summed E-state index contributed by atoms with van der Waals surface area (Å²) in [4.78, 5) is 25.2. The minimum absolute atomic E-state index is 0.0624. The van der Waals surface area contributed by atoms with Gasteiger partial charge in [-0.1, -0.05) is 28.1 Å². The lowest BCUT2D eigenvalue weighted by atomic mass is 10.1. The van der Waals surface area contributed by atoms with Gasteiger partial charge < -0.3 is 16.0 Å². The van der Waals surface area contributed by atoms with E-state index in [-0.39, 0.29) is 12.3 Å². The van der Waals surface area contributed by atoms with E-state index in [1.807, 2.05) is 24.3 Å². The highest BCUT2D eigenvalue weighted by molar-refractivity contribution is 9.10. The summed E-state index contributed by atoms with van der Waals surface area (Å²) in [5, 5.41) is 3.07. The first-order valence-electron chi connectivity index (χ1n) is 6.12. The number of rotatable bonds is 3. The zero-order valence-corrected chi connectivity index (χ0v) is 12.0. The maximum Gasteiger partial charge on any atom is 0.241 e. The molecule has 1 atom stereocenters. The lowest BCUT2D eigenvalue weighted by Gasteiger charge is -2.34. The molecular formula is C13H16BrN3O2. The van der Waals surface area contributed by atoms with Gasteiger partial charge in [0.25, 0.3) is 0 Å². The van der Waals surface area contributed by atoms with Crippen LogP contribution < -0.4 is 11.1 Å². The van der Waals surface area contributed by atoms with Crippen LogP contribution in [0, 0.1) is 0 Å². The molecule has 0 saturated carbocycles. The largest absolute Gasteiger partial charge is 0.368 e. The summed E-state index contributed by atoms with van der Waals surface area (Å²) in [5.41, 5.74) is 6.26. The van der Waals surface area contributed by atoms with Gasteiger partial charge in [0.05, 0.1) is 6.42 Å². The number of benzene rings is 1. The van der Waals surface area contributed by atoms with Crippen molar-refractivity contribution in [3.05, 3.63) is 34.3 Å². The fourth-order valence-electron chi connectivity index (χ4n) is 2.14. The first kappa shape index (κ1) is 14.0. The van der Waals surface area contributed by atoms with Gasteiger partial charge in [0.1, 0.15) is 6.04 Å². The molecule has 1 aliphatic heterocycles. The minimum Gasteiger partial charge on any atom is -0.368 e. The van der Waals surface area contributed by atoms with Crippen LogP contribution in [0.5, 0.6) is 0 Å². The van der Waals surface area contributed by atoms with Gasteiger partial charge in [-0.25, -0.2) is 0 Å². The molecule has 0 spiro atoms. The number of carbonyl (C=O) groups excluding carboxylic acids is 2. The van der Waals surface area contributed by atoms with Gasteiger partial charge >= 0.3 is 0 Å². The van der Waals surface area contributed by atoms with Crippen LogP contribution in [0.1, 0.15) is 5.56 Å². The molecule has 102 valence electrons. The number of hydrogen-bond acceptors (Lipinski definition) is 3. The second-order valence-corrected chi connectivity index (χ2v) is 5.43. The molecule has 1 aromatic rings. The van der Waals surface area contributed by atoms with Gasteiger partial charge in [-0.3, -0.25) is 9.59 Å². The number of primary amides is 1. The zero-order valence-electron chi connectivity index (χ0n) is 10.4. The van der Waals surface area contributed by atoms with Crippen molar-refractivity contribution >= 4 is 27.7 Å². The van der Waals surface area contributed by atoms with Crippen molar-refractivity contribution in [3.63, 3.8) is 0 Å². The summed E-state index contributed by atoms with van der Waals surface area (Å²) >= 11 is 3.35. The number of nitrogens with zero attached hydrogens (tertiary/aromatic N) is 1. The molecule has 1 fully saturated rings. The highest BCUT2D eigenvalue weighted by Crippen LogP contribution is 2.13. The molecule has 6 heteroatoms. The van der Waals surface area contributed by atoms with Gasteiger partial charge in [0.2, 0.25) is 11.8 Å². The maximum absolute atomic E-state index is 12.2. The Hall–Kier alpha value is -1.40. The van der Waals surface area contributed by atoms with Crippen LogP contribution >= 0.6 is 15.9 Å². The van der Waals surface area contributed by atoms with Crippen LogP contribution in [0.25, 0.3) is 0 Å². The summed E-state index contributed by atoms with van der Waals surface area (Å²) in [7, 11) is 0. The van der Waals surface area contributed by atoms with Gasteiger partial charge in [0.15, 0.2) is 0 Å². The Morgan fingerprint density at radius 3 is 2.68 bits per heavy atom. The Morgan fingerprint density at radius 1 is 1.37 bits per heavy atom. The van der Waals surface area contributed by atoms with Crippen molar-refractivity contribution in [1.82, 2.24) is 10.2 Å². The van der Waals surface area contributed by atoms with E-state index in [9.17, 15) is 9.59 Å². The predicted octanol–water partition coefficient (Wildman–Crippen LogP) is 0.277. The van der Waals surface area contributed by atoms with Crippen LogP contribution in [-0.2, 0) is 16.0 Å². The van der Waals surface area contributed by atoms with E-state index in [2.05, 4.69) is 21.2 Å². The first-order chi connectivity index (χ1) is 9.08. The lowest BCUT2D eigenvalue weighted by Crippen LogP contribution is -2.59. The molecule has 0 bridgehead atoms. The van der Waals surface area contributed by atoms with Gasteiger partial charge in [-0.15, -0.1) is 0 Å². The molecular weight excluding hydrogens is 310 g/mol. The topological polar surface area (TPSA) is 75.4 Å². The number of piperazine rings is 1. The van der Waals surface area contributed by atoms with Crippen LogP contribution in [-0.4, -0.2) is 42.4 Å². The Bertz CT molecular complexity index is 475. The van der Waals surface area contributed by atoms with Crippen LogP contribution in [0.4, 0.5) is 0 Å². The molecule has 2 rings (SSSR count). The number of halogens is 1. The van der Waals surface area contributed by atoms with Crippen LogP contribution in [0.2, 0.25) is 0 Å². The van der Waals surface area contributed by atoms with Crippen molar-refractivity contribution in [2.75, 3.05) is 19.6 Å². The molecule has 3 N–H and O–H groups in total. The molecule has 0 radical (unpaired) electrons. The van der Waals surface area contributed by atoms with Gasteiger partial charge in [-0.2, -0.15) is 0 Å². The van der Waals surface area contributed by atoms with E-state index in [1.165, 1.54) is 0 Å². The van der Waals surface area contributed by atoms with E-state index in [4.69, 9.17) is 5.73 Å². The summed E-state index contributed by atoms with van der Waals surface area (Å²) in [5.74, 6) is -0.524. The monoisotopic (exact) mass is 325 g/mol. The lowest BCUT2D eigenvalue weighted by molar-refractivity contribution is -0.139. The Labute approximate surface area is 120 Å². The summed E-state index contributed by atoms with van der Waals surface area (Å²) in [6, 6.07) is 7.03. The van der Waals surface area contributed by atoms with Crippen LogP contribution in [0.15, 0.2) is 28.7 Å². The van der Waals surface area contributed by atoms with Crippen molar-refractivity contribution in [3.8, 4) is 0 Å². The number of nitrogens with one attached hydrogen (secondary N) is 1. The fraction of sp³-hybridized carbons (Fsp3) is 0.385. The average Bonchev–Trinajstić information content (AvgIpc) is 2.41. The van der Waals surface area contributed by atoms with E-state index in [0.717, 1.165) is 10.0 Å². The molecule has 2 amide bonds. The number of amides is 2. The van der Waals surface area contributed by atoms with Gasteiger partial charge in [-0.05, 0) is 17.7 Å². The van der Waals surface area contributed by atoms with Crippen molar-refractivity contribution in [2.24, 2.45) is 5.73 Å². The number of nitrogens with two attached hydrogens (primary N) is 1. The molecule has 0 aromatic heterocycles. The van der Waals surface area contributed by atoms with E-state index in [0.29, 0.717) is 19.6 Å². The Kier molecular flexibility index (Phi) is 4.55. The second kappa shape index (κ2) is 6.16. The average molecular weight is 326 g/mol. The van der Waals surface area contributed by atoms with Crippen LogP contribution in [0.3, 0.4) is 0 Å². The predicted molar refractivity (Wildman–Crippen MR) is 75.4 cm³/mol. The third-order valence-corrected chi connectivity index (χ3v) is 3.69. The SMILES string of the molecule is NC(=O)C1CNCCN1C(=O)Cc1ccc(Br)cc1. The zero-order chi connectivity index (χ0) is 13.8. The van der Waals surface area contributed by atoms with Crippen molar-refractivity contribution in [1.29, 1.82) is 0 Å². The van der Waals surface area contributed by atoms with Crippen molar-refractivity contribution < 1.29 is 9.59 Å². The van der Waals surface area contributed by atoms with Crippen molar-refractivity contribution in [2.45, 2.75) is 12.5 Å². The molecule has 1 saturated heterocycles. The second-order valence-electron chi connectivity index (χ2n) is 4.51. The van der Waals surface area contributed by atoms with E-state index < -0.39 is 11.9 Å². The molecule has 1 heterocycles. The summed E-state index contributed by atoms with van der Waals surface area (Å²) in [6.07, 6.45) is 0.289.